The third kappa shape index (κ3) is 10.6. The molecule has 4 heteroatoms. The molecule has 0 aliphatic carbocycles. The third-order valence-electron chi connectivity index (χ3n) is 3.99. The number of rotatable bonds is 5. The Balaban J connectivity index is 0.000000399. The maximum atomic E-state index is 8.43. The largest absolute Gasteiger partial charge is 0.748 e. The van der Waals surface area contributed by atoms with E-state index in [1.54, 1.807) is 0 Å². The summed E-state index contributed by atoms with van der Waals surface area (Å²) in [5.41, 5.74) is 4.85. The summed E-state index contributed by atoms with van der Waals surface area (Å²) in [5, 5.41) is 16.9. The molecule has 0 heterocycles. The van der Waals surface area contributed by atoms with Crippen LogP contribution in [0.5, 0.6) is 0 Å². The van der Waals surface area contributed by atoms with Crippen molar-refractivity contribution in [3.8, 4) is 0 Å². The van der Waals surface area contributed by atoms with E-state index < -0.39 is 0 Å². The van der Waals surface area contributed by atoms with Gasteiger partial charge in [-0.1, -0.05) is 0 Å². The topological polar surface area (TPSA) is 40.5 Å². The Morgan fingerprint density at radius 2 is 0.893 bits per heavy atom. The van der Waals surface area contributed by atoms with Crippen molar-refractivity contribution in [1.29, 1.82) is 0 Å². The number of hydrogen-bond acceptors (Lipinski definition) is 2. The minimum absolute atomic E-state index is 0. The minimum atomic E-state index is 0. The molecule has 0 unspecified atom stereocenters. The zero-order valence-electron chi connectivity index (χ0n) is 15.7. The van der Waals surface area contributed by atoms with E-state index in [1.165, 1.54) is 11.1 Å². The van der Waals surface area contributed by atoms with E-state index in [4.69, 9.17) is 10.2 Å². The van der Waals surface area contributed by atoms with Gasteiger partial charge in [0.1, 0.15) is 0 Å². The van der Waals surface area contributed by atoms with E-state index in [9.17, 15) is 0 Å². The number of aliphatic hydroxyl groups is 2. The molecule has 0 spiro atoms. The number of aliphatic hydroxyl groups excluding tert-OH is 2. The first-order valence-electron chi connectivity index (χ1n) is 8.86. The van der Waals surface area contributed by atoms with Crippen molar-refractivity contribution in [2.24, 2.45) is 0 Å². The van der Waals surface area contributed by atoms with Gasteiger partial charge in [0.15, 0.2) is 0 Å². The minimum Gasteiger partial charge on any atom is -0.748 e. The Hall–Kier alpha value is -1.64. The fraction of sp³-hybridized carbons (Fsp3) is 0.167. The molecule has 0 saturated carbocycles. The van der Waals surface area contributed by atoms with E-state index >= 15 is 0 Å². The van der Waals surface area contributed by atoms with Crippen LogP contribution in [0.25, 0.3) is 0 Å². The molecule has 0 fully saturated rings. The Morgan fingerprint density at radius 1 is 0.536 bits per heavy atom. The van der Waals surface area contributed by atoms with Crippen LogP contribution in [0.15, 0.2) is 97.1 Å². The van der Waals surface area contributed by atoms with Crippen molar-refractivity contribution >= 4 is 0 Å². The monoisotopic (exact) mass is 458 g/mol. The zero-order chi connectivity index (χ0) is 18.5. The molecular weight excluding hydrogens is 432 g/mol. The molecule has 4 rings (SSSR count). The van der Waals surface area contributed by atoms with E-state index in [0.29, 0.717) is 0 Å². The Bertz CT molecular complexity index is 684. The molecule has 28 heavy (non-hydrogen) atoms. The summed E-state index contributed by atoms with van der Waals surface area (Å²) in [6.45, 7) is 0.319. The fourth-order valence-corrected chi connectivity index (χ4v) is 2.49. The SMILES string of the molecule is OC[c-]1cccc1.OC[c-]1cccc1.[Fe].[Fe].c1cc[c-](CC[c-]2[cH-][cH-][cH-][cH-]2)c1. The fourth-order valence-electron chi connectivity index (χ4n) is 2.49. The van der Waals surface area contributed by atoms with E-state index in [1.807, 2.05) is 48.5 Å². The molecule has 0 aliphatic heterocycles. The van der Waals surface area contributed by atoms with Gasteiger partial charge in [-0.05, 0) is 0 Å². The summed E-state index contributed by atoms with van der Waals surface area (Å²) in [7, 11) is 0. The summed E-state index contributed by atoms with van der Waals surface area (Å²) in [5.74, 6) is 0. The van der Waals surface area contributed by atoms with Crippen LogP contribution in [0.4, 0.5) is 0 Å². The molecule has 0 bridgehead atoms. The molecule has 0 amide bonds. The van der Waals surface area contributed by atoms with Gasteiger partial charge in [-0.15, -0.1) is 17.5 Å². The van der Waals surface area contributed by atoms with Crippen LogP contribution in [-0.4, -0.2) is 10.2 Å². The Morgan fingerprint density at radius 3 is 1.21 bits per heavy atom. The van der Waals surface area contributed by atoms with Crippen LogP contribution >= 0.6 is 0 Å². The van der Waals surface area contributed by atoms with Crippen molar-refractivity contribution in [2.75, 3.05) is 0 Å². The van der Waals surface area contributed by atoms with Gasteiger partial charge in [-0.2, -0.15) is 42.0 Å². The van der Waals surface area contributed by atoms with Gasteiger partial charge in [0.2, 0.25) is 0 Å². The molecule has 0 saturated heterocycles. The molecule has 0 aromatic heterocycles. The molecule has 158 valence electrons. The van der Waals surface area contributed by atoms with Crippen LogP contribution in [0, 0.1) is 0 Å². The van der Waals surface area contributed by atoms with Crippen LogP contribution in [0.3, 0.4) is 0 Å². The number of hydrogen-bond donors (Lipinski definition) is 2. The van der Waals surface area contributed by atoms with Crippen molar-refractivity contribution in [1.82, 2.24) is 0 Å². The molecule has 0 atom stereocenters. The number of aryl methyl sites for hydroxylation is 2. The first-order valence-corrected chi connectivity index (χ1v) is 8.86. The Labute approximate surface area is 189 Å². The molecule has 0 aliphatic rings. The second-order valence-electron chi connectivity index (χ2n) is 5.99. The second kappa shape index (κ2) is 16.3. The van der Waals surface area contributed by atoms with E-state index in [2.05, 4.69) is 48.5 Å². The van der Waals surface area contributed by atoms with Gasteiger partial charge in [-0.25, -0.2) is 42.8 Å². The van der Waals surface area contributed by atoms with E-state index in [0.717, 1.165) is 24.0 Å². The molecular formula is C24H26Fe2O2-8. The van der Waals surface area contributed by atoms with Crippen LogP contribution in [0.1, 0.15) is 22.3 Å². The van der Waals surface area contributed by atoms with Gasteiger partial charge in [0.25, 0.3) is 0 Å². The first kappa shape index (κ1) is 26.4. The zero-order valence-corrected chi connectivity index (χ0v) is 17.9. The molecule has 4 aromatic rings. The maximum absolute atomic E-state index is 8.43. The average molecular weight is 458 g/mol. The molecule has 4 aromatic carbocycles. The van der Waals surface area contributed by atoms with Gasteiger partial charge >= 0.3 is 0 Å². The van der Waals surface area contributed by atoms with E-state index in [-0.39, 0.29) is 47.4 Å². The van der Waals surface area contributed by atoms with Crippen molar-refractivity contribution in [3.05, 3.63) is 119 Å². The van der Waals surface area contributed by atoms with Gasteiger partial charge < -0.3 is 40.0 Å². The summed E-state index contributed by atoms with van der Waals surface area (Å²) in [4.78, 5) is 0. The van der Waals surface area contributed by atoms with Crippen LogP contribution in [-0.2, 0) is 60.2 Å². The standard InChI is InChI=1S/C12H12.2C6H7O.2Fe/c1-2-6-11(5-1)9-10-12-7-3-4-8-12;2*7-5-6-3-1-2-4-6;;/h1-8H,9-10H2;2*1-4,7H,5H2;;/q-6;2*-1;;. The summed E-state index contributed by atoms with van der Waals surface area (Å²) >= 11 is 0. The van der Waals surface area contributed by atoms with Crippen LogP contribution < -0.4 is 0 Å². The smallest absolute Gasteiger partial charge is 0.0238 e. The maximum Gasteiger partial charge on any atom is 0.0238 e. The summed E-state index contributed by atoms with van der Waals surface area (Å²) < 4.78 is 0. The van der Waals surface area contributed by atoms with Crippen molar-refractivity contribution in [2.45, 2.75) is 26.1 Å². The molecule has 0 radical (unpaired) electrons. The summed E-state index contributed by atoms with van der Waals surface area (Å²) in [6, 6.07) is 32.3. The van der Waals surface area contributed by atoms with Gasteiger partial charge in [-0.3, -0.25) is 0 Å². The van der Waals surface area contributed by atoms with Crippen LogP contribution in [0.2, 0.25) is 0 Å². The van der Waals surface area contributed by atoms with Crippen molar-refractivity contribution < 1.29 is 44.4 Å². The predicted molar refractivity (Wildman–Crippen MR) is 107 cm³/mol. The third-order valence-corrected chi connectivity index (χ3v) is 3.99. The normalized spacial score (nSPS) is 9.07. The first-order chi connectivity index (χ1) is 12.8. The average Bonchev–Trinajstić information content (AvgIpc) is 3.49. The summed E-state index contributed by atoms with van der Waals surface area (Å²) in [6.07, 6.45) is 2.33. The molecule has 2 N–H and O–H groups in total. The quantitative estimate of drug-likeness (QED) is 0.337. The predicted octanol–water partition coefficient (Wildman–Crippen LogP) is 4.70. The van der Waals surface area contributed by atoms with Gasteiger partial charge in [0.05, 0.1) is 0 Å². The van der Waals surface area contributed by atoms with Crippen molar-refractivity contribution in [3.63, 3.8) is 0 Å². The molecule has 2 nitrogen and oxygen atoms in total. The van der Waals surface area contributed by atoms with Gasteiger partial charge in [0, 0.05) is 47.4 Å². The second-order valence-corrected chi connectivity index (χ2v) is 5.99. The Kier molecular flexibility index (Phi) is 15.4.